The van der Waals surface area contributed by atoms with Crippen LogP contribution in [0.4, 0.5) is 35.7 Å². The van der Waals surface area contributed by atoms with Crippen molar-refractivity contribution in [1.82, 2.24) is 60.5 Å². The van der Waals surface area contributed by atoms with E-state index in [0.29, 0.717) is 35.3 Å². The molecule has 0 saturated carbocycles. The molecule has 4 aromatic heterocycles. The van der Waals surface area contributed by atoms with E-state index >= 15 is 0 Å². The van der Waals surface area contributed by atoms with E-state index in [0.717, 1.165) is 0 Å². The minimum atomic E-state index is 0.202. The standard InChI is InChI=1S/C12H15N15/c1-4-13-10(25-22-4)19-7-16-8(20-11-14-5(2)23-26-11)18-9(17-7)21-12-15-6(3)24-27-12/h1-3H3,(H6,13,14,15,16,17,18,19,20,21,22,23,24,25,26,27). The van der Waals surface area contributed by atoms with Gasteiger partial charge in [-0.25, -0.2) is 0 Å². The fourth-order valence-electron chi connectivity index (χ4n) is 2.04. The lowest BCUT2D eigenvalue weighted by atomic mass is 10.7. The second-order valence-corrected chi connectivity index (χ2v) is 5.41. The zero-order valence-corrected chi connectivity index (χ0v) is 14.5. The average Bonchev–Trinajstić information content (AvgIpc) is 3.31. The second kappa shape index (κ2) is 6.62. The molecule has 0 aliphatic rings. The predicted molar refractivity (Wildman–Crippen MR) is 93.0 cm³/mol. The van der Waals surface area contributed by atoms with E-state index in [1.807, 2.05) is 0 Å². The van der Waals surface area contributed by atoms with Crippen molar-refractivity contribution in [3.63, 3.8) is 0 Å². The third-order valence-electron chi connectivity index (χ3n) is 3.10. The molecule has 0 amide bonds. The monoisotopic (exact) mass is 369 g/mol. The van der Waals surface area contributed by atoms with Crippen LogP contribution in [0.15, 0.2) is 0 Å². The van der Waals surface area contributed by atoms with Gasteiger partial charge in [-0.15, -0.1) is 15.3 Å². The predicted octanol–water partition coefficient (Wildman–Crippen LogP) is 0.382. The van der Waals surface area contributed by atoms with Crippen LogP contribution in [-0.2, 0) is 0 Å². The van der Waals surface area contributed by atoms with Crippen molar-refractivity contribution in [2.24, 2.45) is 0 Å². The number of nitrogens with one attached hydrogen (secondary N) is 6. The summed E-state index contributed by atoms with van der Waals surface area (Å²) in [6, 6.07) is 0. The van der Waals surface area contributed by atoms with Crippen LogP contribution in [0.3, 0.4) is 0 Å². The van der Waals surface area contributed by atoms with E-state index in [1.165, 1.54) is 0 Å². The first-order chi connectivity index (χ1) is 13.0. The maximum Gasteiger partial charge on any atom is 0.248 e. The van der Waals surface area contributed by atoms with E-state index in [9.17, 15) is 0 Å². The van der Waals surface area contributed by atoms with Crippen LogP contribution in [0.5, 0.6) is 0 Å². The average molecular weight is 369 g/mol. The molecule has 0 atom stereocenters. The van der Waals surface area contributed by atoms with Crippen LogP contribution in [0, 0.1) is 20.8 Å². The number of rotatable bonds is 6. The van der Waals surface area contributed by atoms with Crippen molar-refractivity contribution in [2.45, 2.75) is 20.8 Å². The number of hydrogen-bond donors (Lipinski definition) is 6. The Kier molecular flexibility index (Phi) is 4.00. The van der Waals surface area contributed by atoms with Crippen LogP contribution in [0.1, 0.15) is 17.5 Å². The lowest BCUT2D eigenvalue weighted by Crippen LogP contribution is -2.08. The highest BCUT2D eigenvalue weighted by Crippen LogP contribution is 2.17. The van der Waals surface area contributed by atoms with Gasteiger partial charge in [0.1, 0.15) is 17.5 Å². The van der Waals surface area contributed by atoms with Crippen LogP contribution in [0.25, 0.3) is 0 Å². The highest BCUT2D eigenvalue weighted by Gasteiger charge is 2.12. The molecule has 6 N–H and O–H groups in total. The largest absolute Gasteiger partial charge is 0.291 e. The summed E-state index contributed by atoms with van der Waals surface area (Å²) in [5, 5.41) is 28.9. The molecule has 0 aromatic carbocycles. The normalized spacial score (nSPS) is 10.8. The molecule has 0 radical (unpaired) electrons. The minimum absolute atomic E-state index is 0.202. The number of hydrogen-bond acceptors (Lipinski definition) is 12. The summed E-state index contributed by atoms with van der Waals surface area (Å²) in [6.45, 7) is 5.34. The molecule has 4 aromatic rings. The van der Waals surface area contributed by atoms with Crippen molar-refractivity contribution in [3.8, 4) is 0 Å². The van der Waals surface area contributed by atoms with Gasteiger partial charge in [0.15, 0.2) is 0 Å². The van der Waals surface area contributed by atoms with Gasteiger partial charge in [-0.05, 0) is 20.8 Å². The molecule has 0 bridgehead atoms. The Labute approximate surface area is 151 Å². The molecule has 27 heavy (non-hydrogen) atoms. The number of H-pyrrole nitrogens is 3. The number of aryl methyl sites for hydroxylation is 3. The Morgan fingerprint density at radius 3 is 0.963 bits per heavy atom. The van der Waals surface area contributed by atoms with Crippen molar-refractivity contribution in [3.05, 3.63) is 17.5 Å². The number of anilines is 6. The third kappa shape index (κ3) is 3.91. The Morgan fingerprint density at radius 1 is 0.444 bits per heavy atom. The number of aromatic nitrogens is 12. The van der Waals surface area contributed by atoms with Gasteiger partial charge in [-0.2, -0.15) is 29.9 Å². The van der Waals surface area contributed by atoms with Gasteiger partial charge in [-0.3, -0.25) is 31.2 Å². The maximum absolute atomic E-state index is 4.27. The highest BCUT2D eigenvalue weighted by molar-refractivity contribution is 5.54. The lowest BCUT2D eigenvalue weighted by molar-refractivity contribution is 1.01. The Hall–Kier alpha value is -4.17. The van der Waals surface area contributed by atoms with Crippen molar-refractivity contribution in [1.29, 1.82) is 0 Å². The zero-order valence-electron chi connectivity index (χ0n) is 14.5. The van der Waals surface area contributed by atoms with Gasteiger partial charge in [0.25, 0.3) is 0 Å². The van der Waals surface area contributed by atoms with E-state index < -0.39 is 0 Å². The summed E-state index contributed by atoms with van der Waals surface area (Å²) in [7, 11) is 0. The smallest absolute Gasteiger partial charge is 0.248 e. The summed E-state index contributed by atoms with van der Waals surface area (Å²) in [5.41, 5.74) is 0. The fourth-order valence-corrected chi connectivity index (χ4v) is 2.04. The summed E-state index contributed by atoms with van der Waals surface area (Å²) >= 11 is 0. The molecule has 4 rings (SSSR count). The number of aromatic amines is 3. The molecule has 0 saturated heterocycles. The van der Waals surface area contributed by atoms with E-state index in [-0.39, 0.29) is 17.8 Å². The minimum Gasteiger partial charge on any atom is -0.291 e. The fraction of sp³-hybridized carbons (Fsp3) is 0.250. The molecule has 0 unspecified atom stereocenters. The second-order valence-electron chi connectivity index (χ2n) is 5.41. The Balaban J connectivity index is 1.63. The molecule has 0 fully saturated rings. The molecule has 15 heteroatoms. The van der Waals surface area contributed by atoms with E-state index in [1.54, 1.807) is 20.8 Å². The molecule has 0 spiro atoms. The quantitative estimate of drug-likeness (QED) is 0.273. The molecule has 4 heterocycles. The first kappa shape index (κ1) is 16.3. The van der Waals surface area contributed by atoms with Crippen LogP contribution < -0.4 is 16.0 Å². The van der Waals surface area contributed by atoms with Gasteiger partial charge < -0.3 is 0 Å². The summed E-state index contributed by atoms with van der Waals surface area (Å²) in [5.74, 6) is 3.51. The van der Waals surface area contributed by atoms with Gasteiger partial charge in [0.05, 0.1) is 0 Å². The third-order valence-corrected chi connectivity index (χ3v) is 3.10. The van der Waals surface area contributed by atoms with Crippen LogP contribution in [-0.4, -0.2) is 60.5 Å². The van der Waals surface area contributed by atoms with Crippen molar-refractivity contribution >= 4 is 35.7 Å². The van der Waals surface area contributed by atoms with Crippen molar-refractivity contribution in [2.75, 3.05) is 16.0 Å². The van der Waals surface area contributed by atoms with Gasteiger partial charge >= 0.3 is 0 Å². The molecule has 138 valence electrons. The Bertz CT molecular complexity index is 912. The first-order valence-electron chi connectivity index (χ1n) is 7.77. The summed E-state index contributed by atoms with van der Waals surface area (Å²) in [6.07, 6.45) is 0. The molecule has 0 aliphatic carbocycles. The SMILES string of the molecule is Cc1nc(Nc2nc(Nc3n[nH]c(C)n3)nc(Nc3n[nH]c(C)n3)n2)n[nH]1. The van der Waals surface area contributed by atoms with E-state index in [4.69, 9.17) is 0 Å². The maximum atomic E-state index is 4.27. The molecular weight excluding hydrogens is 354 g/mol. The topological polar surface area (TPSA) is 199 Å². The zero-order chi connectivity index (χ0) is 18.8. The summed E-state index contributed by atoms with van der Waals surface area (Å²) in [4.78, 5) is 25.3. The van der Waals surface area contributed by atoms with Gasteiger partial charge in [0.2, 0.25) is 35.7 Å². The van der Waals surface area contributed by atoms with Gasteiger partial charge in [-0.1, -0.05) is 0 Å². The lowest BCUT2D eigenvalue weighted by Gasteiger charge is -2.07. The van der Waals surface area contributed by atoms with Crippen LogP contribution in [0.2, 0.25) is 0 Å². The first-order valence-corrected chi connectivity index (χ1v) is 7.77. The van der Waals surface area contributed by atoms with Crippen molar-refractivity contribution < 1.29 is 0 Å². The highest BCUT2D eigenvalue weighted by atomic mass is 15.4. The van der Waals surface area contributed by atoms with Crippen LogP contribution >= 0.6 is 0 Å². The summed E-state index contributed by atoms with van der Waals surface area (Å²) < 4.78 is 0. The molecular formula is C12H15N15. The Morgan fingerprint density at radius 2 is 0.741 bits per heavy atom. The molecule has 15 nitrogen and oxygen atoms in total. The number of nitrogens with zero attached hydrogens (tertiary/aromatic N) is 9. The van der Waals surface area contributed by atoms with E-state index in [2.05, 4.69) is 76.4 Å². The molecule has 0 aliphatic heterocycles. The van der Waals surface area contributed by atoms with Gasteiger partial charge in [0, 0.05) is 0 Å².